The van der Waals surface area contributed by atoms with Crippen LogP contribution in [-0.2, 0) is 28.4 Å². The van der Waals surface area contributed by atoms with E-state index < -0.39 is 176 Å². The molecule has 2 aromatic carbocycles. The topological polar surface area (TPSA) is 408 Å². The summed E-state index contributed by atoms with van der Waals surface area (Å²) in [4.78, 5) is 14.5. The minimum atomic E-state index is -2.04. The van der Waals surface area contributed by atoms with Gasteiger partial charge in [-0.2, -0.15) is 0 Å². The molecular formula is C39H50O25. The van der Waals surface area contributed by atoms with E-state index in [-0.39, 0.29) is 17.1 Å². The van der Waals surface area contributed by atoms with Crippen molar-refractivity contribution < 1.29 is 119 Å². The summed E-state index contributed by atoms with van der Waals surface area (Å²) in [6.07, 6.45) is -35.5. The number of phenols is 2. The summed E-state index contributed by atoms with van der Waals surface area (Å²) < 4.78 is 51.8. The summed E-state index contributed by atoms with van der Waals surface area (Å²) >= 11 is 0. The molecule has 4 fully saturated rings. The molecule has 0 radical (unpaired) electrons. The zero-order chi connectivity index (χ0) is 46.5. The Labute approximate surface area is 360 Å². The quantitative estimate of drug-likeness (QED) is 0.0804. The Morgan fingerprint density at radius 3 is 1.53 bits per heavy atom. The molecule has 25 nitrogen and oxygen atoms in total. The van der Waals surface area contributed by atoms with Crippen LogP contribution in [0.4, 0.5) is 0 Å². The molecule has 7 rings (SSSR count). The normalized spacial score (nSPS) is 40.6. The fourth-order valence-electron chi connectivity index (χ4n) is 7.69. The summed E-state index contributed by atoms with van der Waals surface area (Å²) in [6, 6.07) is 6.99. The molecule has 0 saturated carbocycles. The van der Waals surface area contributed by atoms with E-state index in [2.05, 4.69) is 0 Å². The Hall–Kier alpha value is -3.91. The number of aliphatic hydroxyl groups excluding tert-OH is 13. The number of ether oxygens (including phenoxy) is 8. The molecule has 1 aromatic heterocycles. The van der Waals surface area contributed by atoms with Crippen LogP contribution in [0.15, 0.2) is 45.6 Å². The van der Waals surface area contributed by atoms with Crippen molar-refractivity contribution in [3.63, 3.8) is 0 Å². The molecule has 4 aliphatic rings. The molecule has 3 aromatic rings. The van der Waals surface area contributed by atoms with Crippen molar-refractivity contribution >= 4 is 11.0 Å². The summed E-state index contributed by atoms with van der Waals surface area (Å²) in [5.41, 5.74) is -1.50. The Bertz CT molecular complexity index is 2100. The Morgan fingerprint density at radius 1 is 0.547 bits per heavy atom. The number of hydrogen-bond acceptors (Lipinski definition) is 25. The van der Waals surface area contributed by atoms with Gasteiger partial charge in [-0.1, -0.05) is 0 Å². The maximum absolute atomic E-state index is 14.5. The van der Waals surface area contributed by atoms with E-state index in [0.29, 0.717) is 0 Å². The highest BCUT2D eigenvalue weighted by Gasteiger charge is 2.53. The summed E-state index contributed by atoms with van der Waals surface area (Å²) in [6.45, 7) is -1.22. The number of phenolic OH excluding ortho intramolecular Hbond substituents is 2. The van der Waals surface area contributed by atoms with Crippen molar-refractivity contribution in [1.82, 2.24) is 0 Å². The number of aromatic hydroxyl groups is 2. The van der Waals surface area contributed by atoms with E-state index in [1.165, 1.54) is 31.2 Å². The number of aliphatic hydroxyl groups is 13. The molecule has 0 unspecified atom stereocenters. The summed E-state index contributed by atoms with van der Waals surface area (Å²) in [7, 11) is 0. The van der Waals surface area contributed by atoms with Gasteiger partial charge in [-0.25, -0.2) is 0 Å². The fourth-order valence-corrected chi connectivity index (χ4v) is 7.69. The van der Waals surface area contributed by atoms with Gasteiger partial charge in [0.15, 0.2) is 30.5 Å². The van der Waals surface area contributed by atoms with E-state index in [1.807, 2.05) is 0 Å². The number of fused-ring (bicyclic) bond motifs is 1. The van der Waals surface area contributed by atoms with Gasteiger partial charge >= 0.3 is 0 Å². The van der Waals surface area contributed by atoms with Crippen LogP contribution in [0, 0.1) is 0 Å². The second-order valence-electron chi connectivity index (χ2n) is 15.7. The third-order valence-corrected chi connectivity index (χ3v) is 11.4. The Balaban J connectivity index is 1.25. The standard InChI is InChI=1S/C39H50O25/c1-11-21(45)28(52)34(63-36-30(54)26(50)22(46)17(8-40)59-36)38(56-11)57-14-6-15(44)20-16(7-14)58-32(12-2-4-13(43)5-3-12)33(25(20)49)62-39-35(29(53)24(48)19(10-42)61-39)64-37-31(55)27(51)23(47)18(9-41)60-37/h2-7,11,17-19,21-24,26-31,34-48,50-55H,8-10H2,1H3/t11-,17+,18+,19+,21-,22+,23+,24+,26-,27-,28+,29-,30+,31+,34+,35+,36-,37-,38-,39-/m0/s1. The van der Waals surface area contributed by atoms with Crippen molar-refractivity contribution in [2.45, 2.75) is 130 Å². The molecule has 25 heteroatoms. The van der Waals surface area contributed by atoms with Crippen LogP contribution < -0.4 is 14.9 Å². The minimum Gasteiger partial charge on any atom is -0.508 e. The molecule has 5 heterocycles. The van der Waals surface area contributed by atoms with Crippen LogP contribution >= 0.6 is 0 Å². The van der Waals surface area contributed by atoms with Crippen molar-refractivity contribution in [2.75, 3.05) is 19.8 Å². The van der Waals surface area contributed by atoms with Crippen LogP contribution in [0.3, 0.4) is 0 Å². The fraction of sp³-hybridized carbons (Fsp3) is 0.615. The highest BCUT2D eigenvalue weighted by Crippen LogP contribution is 2.40. The number of hydrogen-bond donors (Lipinski definition) is 15. The SMILES string of the molecule is C[C@@H]1O[C@@H](Oc2cc(O)c3c(=O)c(O[C@@H]4O[C@H](CO)[C@@H](O)[C@H](O)[C@H]4O[C@@H]4O[C@H](CO)[C@@H](O)[C@H](O)[C@H]4O)c(-c4ccc(O)cc4)oc3c2)[C@H](O[C@@H]2O[C@H](CO)[C@@H](O)[C@H](O)[C@H]2O)[C@H](O)[C@H]1O. The third-order valence-electron chi connectivity index (χ3n) is 11.4. The lowest BCUT2D eigenvalue weighted by atomic mass is 9.97. The van der Waals surface area contributed by atoms with Crippen molar-refractivity contribution in [2.24, 2.45) is 0 Å². The van der Waals surface area contributed by atoms with Gasteiger partial charge in [0.2, 0.25) is 23.8 Å². The zero-order valence-electron chi connectivity index (χ0n) is 33.4. The molecule has 4 saturated heterocycles. The summed E-state index contributed by atoms with van der Waals surface area (Å²) in [5, 5.41) is 156. The first-order valence-corrected chi connectivity index (χ1v) is 19.9. The first kappa shape index (κ1) is 48.0. The lowest BCUT2D eigenvalue weighted by molar-refractivity contribution is -0.358. The highest BCUT2D eigenvalue weighted by molar-refractivity contribution is 5.88. The number of rotatable bonds is 12. The van der Waals surface area contributed by atoms with Crippen LogP contribution in [0.25, 0.3) is 22.3 Å². The Morgan fingerprint density at radius 2 is 1.02 bits per heavy atom. The third kappa shape index (κ3) is 9.12. The van der Waals surface area contributed by atoms with Gasteiger partial charge in [0.25, 0.3) is 0 Å². The predicted molar refractivity (Wildman–Crippen MR) is 204 cm³/mol. The van der Waals surface area contributed by atoms with Gasteiger partial charge in [0.1, 0.15) is 108 Å². The van der Waals surface area contributed by atoms with E-state index in [4.69, 9.17) is 42.3 Å². The lowest BCUT2D eigenvalue weighted by Gasteiger charge is -2.45. The smallest absolute Gasteiger partial charge is 0.239 e. The highest BCUT2D eigenvalue weighted by atomic mass is 16.8. The van der Waals surface area contributed by atoms with Crippen LogP contribution in [0.1, 0.15) is 6.92 Å². The van der Waals surface area contributed by atoms with Crippen molar-refractivity contribution in [1.29, 1.82) is 0 Å². The Kier molecular flexibility index (Phi) is 14.6. The van der Waals surface area contributed by atoms with Gasteiger partial charge in [-0.15, -0.1) is 0 Å². The van der Waals surface area contributed by atoms with Gasteiger partial charge in [-0.3, -0.25) is 4.79 Å². The molecule has 0 aliphatic carbocycles. The molecule has 356 valence electrons. The van der Waals surface area contributed by atoms with Gasteiger partial charge in [0.05, 0.1) is 25.9 Å². The van der Waals surface area contributed by atoms with Gasteiger partial charge in [-0.05, 0) is 31.2 Å². The average Bonchev–Trinajstić information content (AvgIpc) is 3.27. The first-order chi connectivity index (χ1) is 30.4. The molecule has 4 aliphatic heterocycles. The molecule has 64 heavy (non-hydrogen) atoms. The van der Waals surface area contributed by atoms with Crippen LogP contribution in [-0.4, -0.2) is 219 Å². The second kappa shape index (κ2) is 19.5. The second-order valence-corrected chi connectivity index (χ2v) is 15.7. The van der Waals surface area contributed by atoms with Crippen molar-refractivity contribution in [3.8, 4) is 34.3 Å². The maximum atomic E-state index is 14.5. The van der Waals surface area contributed by atoms with E-state index in [0.717, 1.165) is 12.1 Å². The molecule has 0 amide bonds. The molecule has 20 atom stereocenters. The monoisotopic (exact) mass is 918 g/mol. The van der Waals surface area contributed by atoms with E-state index in [9.17, 15) is 81.4 Å². The lowest BCUT2D eigenvalue weighted by Crippen LogP contribution is -2.65. The molecule has 15 N–H and O–H groups in total. The summed E-state index contributed by atoms with van der Waals surface area (Å²) in [5.74, 6) is -2.57. The largest absolute Gasteiger partial charge is 0.508 e. The van der Waals surface area contributed by atoms with Crippen LogP contribution in [0.2, 0.25) is 0 Å². The predicted octanol–water partition coefficient (Wildman–Crippen LogP) is -6.10. The van der Waals surface area contributed by atoms with E-state index in [1.54, 1.807) is 0 Å². The van der Waals surface area contributed by atoms with Crippen LogP contribution in [0.5, 0.6) is 23.0 Å². The van der Waals surface area contributed by atoms with Gasteiger partial charge < -0.3 is 119 Å². The molecular weight excluding hydrogens is 868 g/mol. The minimum absolute atomic E-state index is 0.0358. The molecule has 0 spiro atoms. The number of benzene rings is 2. The average molecular weight is 919 g/mol. The van der Waals surface area contributed by atoms with Gasteiger partial charge in [0, 0.05) is 17.7 Å². The molecule has 0 bridgehead atoms. The maximum Gasteiger partial charge on any atom is 0.239 e. The van der Waals surface area contributed by atoms with Crippen molar-refractivity contribution in [3.05, 3.63) is 46.6 Å². The zero-order valence-corrected chi connectivity index (χ0v) is 33.4. The van der Waals surface area contributed by atoms with E-state index >= 15 is 0 Å². The first-order valence-electron chi connectivity index (χ1n) is 19.9.